The zero-order chi connectivity index (χ0) is 8.43. The Morgan fingerprint density at radius 1 is 1.18 bits per heavy atom. The third-order valence-corrected chi connectivity index (χ3v) is 4.66. The van der Waals surface area contributed by atoms with Crippen LogP contribution in [0.2, 0.25) is 0 Å². The van der Waals surface area contributed by atoms with E-state index < -0.39 is 0 Å². The maximum atomic E-state index is 2.41. The van der Waals surface area contributed by atoms with Gasteiger partial charge in [-0.15, -0.1) is 0 Å². The summed E-state index contributed by atoms with van der Waals surface area (Å²) in [7, 11) is 0. The van der Waals surface area contributed by atoms with Gasteiger partial charge in [-0.1, -0.05) is 27.2 Å². The molecular formula is C10H20S. The van der Waals surface area contributed by atoms with Crippen molar-refractivity contribution in [2.24, 2.45) is 17.8 Å². The van der Waals surface area contributed by atoms with Gasteiger partial charge in [-0.05, 0) is 30.4 Å². The Kier molecular flexibility index (Phi) is 3.29. The monoisotopic (exact) mass is 172 g/mol. The normalized spacial score (nSPS) is 43.6. The van der Waals surface area contributed by atoms with Gasteiger partial charge in [0.2, 0.25) is 0 Å². The molecule has 0 aliphatic heterocycles. The summed E-state index contributed by atoms with van der Waals surface area (Å²) < 4.78 is 0. The highest BCUT2D eigenvalue weighted by Gasteiger charge is 2.43. The Balaban J connectivity index is 2.39. The molecule has 0 aromatic rings. The molecule has 0 bridgehead atoms. The average molecular weight is 172 g/mol. The standard InChI is InChI=1S/C10H20S/c1-5-6-9-7(2)8(3)10(9)11-4/h7-10H,5-6H2,1-4H3. The maximum absolute atomic E-state index is 2.41. The minimum atomic E-state index is 0.960. The summed E-state index contributed by atoms with van der Waals surface area (Å²) in [5.74, 6) is 2.96. The molecule has 0 heterocycles. The van der Waals surface area contributed by atoms with Crippen molar-refractivity contribution < 1.29 is 0 Å². The Labute approximate surface area is 75.1 Å². The summed E-state index contributed by atoms with van der Waals surface area (Å²) in [6.07, 6.45) is 5.06. The molecule has 1 aliphatic carbocycles. The van der Waals surface area contributed by atoms with Crippen molar-refractivity contribution >= 4 is 11.8 Å². The maximum Gasteiger partial charge on any atom is 0.0103 e. The summed E-state index contributed by atoms with van der Waals surface area (Å²) in [5, 5.41) is 0.963. The van der Waals surface area contributed by atoms with Crippen molar-refractivity contribution in [1.29, 1.82) is 0 Å². The van der Waals surface area contributed by atoms with Gasteiger partial charge < -0.3 is 0 Å². The molecule has 0 nitrogen and oxygen atoms in total. The Hall–Kier alpha value is 0.350. The SMILES string of the molecule is CCCC1C(C)C(C)C1SC. The summed E-state index contributed by atoms with van der Waals surface area (Å²) in [6, 6.07) is 0. The lowest BCUT2D eigenvalue weighted by Gasteiger charge is -2.49. The quantitative estimate of drug-likeness (QED) is 0.628. The fraction of sp³-hybridized carbons (Fsp3) is 1.00. The minimum Gasteiger partial charge on any atom is -0.161 e. The third kappa shape index (κ3) is 1.58. The van der Waals surface area contributed by atoms with Crippen molar-refractivity contribution in [2.45, 2.75) is 38.9 Å². The summed E-state index contributed by atoms with van der Waals surface area (Å²) in [5.41, 5.74) is 0. The van der Waals surface area contributed by atoms with Crippen LogP contribution in [0.5, 0.6) is 0 Å². The highest BCUT2D eigenvalue weighted by molar-refractivity contribution is 7.99. The van der Waals surface area contributed by atoms with E-state index >= 15 is 0 Å². The lowest BCUT2D eigenvalue weighted by Crippen LogP contribution is -2.46. The van der Waals surface area contributed by atoms with E-state index in [1.165, 1.54) is 12.8 Å². The van der Waals surface area contributed by atoms with E-state index in [4.69, 9.17) is 0 Å². The molecule has 1 aliphatic rings. The van der Waals surface area contributed by atoms with Gasteiger partial charge in [0, 0.05) is 5.25 Å². The first-order valence-electron chi connectivity index (χ1n) is 4.75. The number of thioether (sulfide) groups is 1. The summed E-state index contributed by atoms with van der Waals surface area (Å²) in [6.45, 7) is 7.11. The van der Waals surface area contributed by atoms with Crippen LogP contribution in [0.4, 0.5) is 0 Å². The van der Waals surface area contributed by atoms with E-state index in [2.05, 4.69) is 38.8 Å². The number of hydrogen-bond acceptors (Lipinski definition) is 1. The first-order chi connectivity index (χ1) is 5.22. The Morgan fingerprint density at radius 3 is 2.27 bits per heavy atom. The predicted molar refractivity (Wildman–Crippen MR) is 54.0 cm³/mol. The van der Waals surface area contributed by atoms with Crippen molar-refractivity contribution in [3.8, 4) is 0 Å². The zero-order valence-corrected chi connectivity index (χ0v) is 8.95. The lowest BCUT2D eigenvalue weighted by atomic mass is 9.64. The van der Waals surface area contributed by atoms with E-state index in [1.807, 2.05) is 0 Å². The van der Waals surface area contributed by atoms with Crippen molar-refractivity contribution in [2.75, 3.05) is 6.26 Å². The second-order valence-corrected chi connectivity index (χ2v) is 4.89. The van der Waals surface area contributed by atoms with E-state index in [9.17, 15) is 0 Å². The molecule has 0 aromatic heterocycles. The smallest absolute Gasteiger partial charge is 0.0103 e. The van der Waals surface area contributed by atoms with Gasteiger partial charge in [-0.25, -0.2) is 0 Å². The molecule has 1 rings (SSSR count). The molecule has 66 valence electrons. The molecule has 1 saturated carbocycles. The molecular weight excluding hydrogens is 152 g/mol. The number of rotatable bonds is 3. The van der Waals surface area contributed by atoms with Gasteiger partial charge in [-0.2, -0.15) is 11.8 Å². The van der Waals surface area contributed by atoms with Crippen LogP contribution >= 0.6 is 11.8 Å². The van der Waals surface area contributed by atoms with Gasteiger partial charge in [0.15, 0.2) is 0 Å². The topological polar surface area (TPSA) is 0 Å². The van der Waals surface area contributed by atoms with Gasteiger partial charge in [0.05, 0.1) is 0 Å². The molecule has 0 N–H and O–H groups in total. The van der Waals surface area contributed by atoms with Crippen LogP contribution in [-0.4, -0.2) is 11.5 Å². The van der Waals surface area contributed by atoms with Crippen molar-refractivity contribution in [3.63, 3.8) is 0 Å². The third-order valence-electron chi connectivity index (χ3n) is 3.34. The average Bonchev–Trinajstić information content (AvgIpc) is 2.04. The highest BCUT2D eigenvalue weighted by Crippen LogP contribution is 2.48. The summed E-state index contributed by atoms with van der Waals surface area (Å²) >= 11 is 2.07. The Morgan fingerprint density at radius 2 is 1.82 bits per heavy atom. The van der Waals surface area contributed by atoms with Gasteiger partial charge in [0.1, 0.15) is 0 Å². The van der Waals surface area contributed by atoms with E-state index in [0.29, 0.717) is 0 Å². The molecule has 1 fully saturated rings. The minimum absolute atomic E-state index is 0.960. The van der Waals surface area contributed by atoms with Crippen LogP contribution in [-0.2, 0) is 0 Å². The van der Waals surface area contributed by atoms with Crippen LogP contribution in [0.15, 0.2) is 0 Å². The molecule has 0 aromatic carbocycles. The zero-order valence-electron chi connectivity index (χ0n) is 8.13. The van der Waals surface area contributed by atoms with Crippen LogP contribution < -0.4 is 0 Å². The second-order valence-electron chi connectivity index (χ2n) is 3.87. The Bertz CT molecular complexity index is 122. The lowest BCUT2D eigenvalue weighted by molar-refractivity contribution is 0.107. The van der Waals surface area contributed by atoms with Gasteiger partial charge in [-0.3, -0.25) is 0 Å². The fourth-order valence-electron chi connectivity index (χ4n) is 2.38. The first-order valence-corrected chi connectivity index (χ1v) is 6.04. The van der Waals surface area contributed by atoms with Crippen molar-refractivity contribution in [3.05, 3.63) is 0 Å². The van der Waals surface area contributed by atoms with Gasteiger partial charge in [0.25, 0.3) is 0 Å². The van der Waals surface area contributed by atoms with Crippen LogP contribution in [0.25, 0.3) is 0 Å². The first kappa shape index (κ1) is 9.44. The molecule has 4 unspecified atom stereocenters. The van der Waals surface area contributed by atoms with Crippen LogP contribution in [0, 0.1) is 17.8 Å². The van der Waals surface area contributed by atoms with Crippen LogP contribution in [0.1, 0.15) is 33.6 Å². The largest absolute Gasteiger partial charge is 0.161 e. The second kappa shape index (κ2) is 3.84. The predicted octanol–water partition coefficient (Wildman–Crippen LogP) is 3.42. The van der Waals surface area contributed by atoms with E-state index in [0.717, 1.165) is 23.0 Å². The molecule has 0 radical (unpaired) electrons. The van der Waals surface area contributed by atoms with Crippen molar-refractivity contribution in [1.82, 2.24) is 0 Å². The molecule has 0 spiro atoms. The summed E-state index contributed by atoms with van der Waals surface area (Å²) in [4.78, 5) is 0. The van der Waals surface area contributed by atoms with Crippen LogP contribution in [0.3, 0.4) is 0 Å². The molecule has 0 saturated heterocycles. The highest BCUT2D eigenvalue weighted by atomic mass is 32.2. The fourth-order valence-corrected chi connectivity index (χ4v) is 3.79. The molecule has 0 amide bonds. The van der Waals surface area contributed by atoms with Gasteiger partial charge >= 0.3 is 0 Å². The molecule has 4 atom stereocenters. The molecule has 1 heteroatoms. The molecule has 11 heavy (non-hydrogen) atoms. The van der Waals surface area contributed by atoms with E-state index in [-0.39, 0.29) is 0 Å². The number of hydrogen-bond donors (Lipinski definition) is 0. The van der Waals surface area contributed by atoms with E-state index in [1.54, 1.807) is 0 Å².